The number of carbonyl (C=O) groups is 2. The van der Waals surface area contributed by atoms with Gasteiger partial charge in [-0.25, -0.2) is 4.98 Å². The van der Waals surface area contributed by atoms with E-state index in [4.69, 9.17) is 4.42 Å². The molecule has 4 rings (SSSR count). The maximum atomic E-state index is 12.9. The first-order chi connectivity index (χ1) is 15.7. The molecule has 1 unspecified atom stereocenters. The number of likely N-dealkylation sites (tertiary alicyclic amines) is 2. The first kappa shape index (κ1) is 23.3. The van der Waals surface area contributed by atoms with E-state index in [1.54, 1.807) is 31.4 Å². The first-order valence-corrected chi connectivity index (χ1v) is 11.5. The predicted octanol–water partition coefficient (Wildman–Crippen LogP) is 2.05. The Morgan fingerprint density at radius 1 is 1.18 bits per heavy atom. The van der Waals surface area contributed by atoms with Crippen LogP contribution in [-0.4, -0.2) is 87.0 Å². The van der Waals surface area contributed by atoms with E-state index >= 15 is 0 Å². The minimum atomic E-state index is -0.0980. The lowest BCUT2D eigenvalue weighted by Gasteiger charge is -2.39. The lowest BCUT2D eigenvalue weighted by molar-refractivity contribution is -0.130. The van der Waals surface area contributed by atoms with Gasteiger partial charge in [-0.2, -0.15) is 0 Å². The summed E-state index contributed by atoms with van der Waals surface area (Å²) in [6.07, 6.45) is 5.71. The summed E-state index contributed by atoms with van der Waals surface area (Å²) in [5.41, 5.74) is 1.17. The van der Waals surface area contributed by atoms with Crippen LogP contribution in [0.3, 0.4) is 0 Å². The first-order valence-electron chi connectivity index (χ1n) is 11.5. The highest BCUT2D eigenvalue weighted by molar-refractivity contribution is 5.92. The summed E-state index contributed by atoms with van der Waals surface area (Å²) in [5.74, 6) is 1.31. The summed E-state index contributed by atoms with van der Waals surface area (Å²) in [5, 5.41) is 8.54. The molecule has 2 aliphatic heterocycles. The molecule has 1 spiro atoms. The molecule has 2 aromatic rings. The summed E-state index contributed by atoms with van der Waals surface area (Å²) in [6.45, 7) is 8.26. The Labute approximate surface area is 194 Å². The van der Waals surface area contributed by atoms with E-state index in [1.165, 1.54) is 0 Å². The highest BCUT2D eigenvalue weighted by Gasteiger charge is 2.48. The molecular weight excluding hydrogens is 422 g/mol. The summed E-state index contributed by atoms with van der Waals surface area (Å²) in [7, 11) is 3.54. The average molecular weight is 456 g/mol. The molecule has 2 amide bonds. The van der Waals surface area contributed by atoms with Crippen LogP contribution in [0, 0.1) is 12.3 Å². The Kier molecular flexibility index (Phi) is 6.47. The molecule has 2 saturated heterocycles. The number of carbonyl (C=O) groups excluding carboxylic acids is 2. The van der Waals surface area contributed by atoms with E-state index < -0.39 is 0 Å². The van der Waals surface area contributed by atoms with Crippen LogP contribution in [0.2, 0.25) is 0 Å². The molecule has 0 aliphatic carbocycles. The molecule has 4 heterocycles. The normalized spacial score (nSPS) is 20.5. The summed E-state index contributed by atoms with van der Waals surface area (Å²) >= 11 is 0. The second-order valence-corrected chi connectivity index (χ2v) is 9.88. The van der Waals surface area contributed by atoms with Crippen molar-refractivity contribution in [2.24, 2.45) is 5.41 Å². The van der Waals surface area contributed by atoms with Crippen LogP contribution in [0.1, 0.15) is 73.0 Å². The number of nitrogens with zero attached hydrogens (tertiary/aromatic N) is 7. The average Bonchev–Trinajstić information content (AvgIpc) is 3.40. The number of hydrogen-bond acceptors (Lipinski definition) is 8. The van der Waals surface area contributed by atoms with Gasteiger partial charge in [-0.15, -0.1) is 10.2 Å². The smallest absolute Gasteiger partial charge is 0.274 e. The second-order valence-electron chi connectivity index (χ2n) is 9.88. The Hall–Kier alpha value is -2.88. The topological polar surface area (TPSA) is 109 Å². The molecule has 10 nitrogen and oxygen atoms in total. The van der Waals surface area contributed by atoms with Crippen molar-refractivity contribution < 1.29 is 14.0 Å². The molecule has 1 atom stereocenters. The SMILES string of the molecule is Cc1cnc(C(=O)N2CCC3(CC2)CC(c2nnc(C(C)C)o2)N(CC(=O)N(C)C)C3)cn1. The Morgan fingerprint density at radius 2 is 1.91 bits per heavy atom. The quantitative estimate of drug-likeness (QED) is 0.674. The number of piperidine rings is 1. The van der Waals surface area contributed by atoms with Crippen LogP contribution in [0.4, 0.5) is 0 Å². The standard InChI is InChI=1S/C23H33N7O3/c1-15(2)20-26-27-21(33-20)18-10-23(14-30(18)13-19(31)28(4)5)6-8-29(9-7-23)22(32)17-12-24-16(3)11-25-17/h11-12,15,18H,6-10,13-14H2,1-5H3. The van der Waals surface area contributed by atoms with Crippen molar-refractivity contribution in [3.63, 3.8) is 0 Å². The number of aryl methyl sites for hydroxylation is 1. The van der Waals surface area contributed by atoms with Gasteiger partial charge in [0.2, 0.25) is 17.7 Å². The van der Waals surface area contributed by atoms with Crippen LogP contribution >= 0.6 is 0 Å². The Bertz CT molecular complexity index is 994. The molecule has 0 saturated carbocycles. The molecule has 2 aromatic heterocycles. The molecule has 0 bridgehead atoms. The van der Waals surface area contributed by atoms with Gasteiger partial charge in [-0.3, -0.25) is 19.5 Å². The highest BCUT2D eigenvalue weighted by Crippen LogP contribution is 2.48. The van der Waals surface area contributed by atoms with Crippen molar-refractivity contribution in [2.75, 3.05) is 40.3 Å². The molecule has 2 aliphatic rings. The molecule has 10 heteroatoms. The second kappa shape index (κ2) is 9.17. The number of likely N-dealkylation sites (N-methyl/N-ethyl adjacent to an activating group) is 1. The fraction of sp³-hybridized carbons (Fsp3) is 0.652. The largest absolute Gasteiger partial charge is 0.423 e. The number of hydrogen-bond donors (Lipinski definition) is 0. The van der Waals surface area contributed by atoms with E-state index in [-0.39, 0.29) is 29.2 Å². The van der Waals surface area contributed by atoms with Gasteiger partial charge in [-0.1, -0.05) is 13.8 Å². The van der Waals surface area contributed by atoms with E-state index in [0.717, 1.165) is 31.5 Å². The van der Waals surface area contributed by atoms with Gasteiger partial charge in [0.05, 0.1) is 24.5 Å². The number of rotatable bonds is 5. The predicted molar refractivity (Wildman–Crippen MR) is 120 cm³/mol. The molecule has 2 fully saturated rings. The maximum absolute atomic E-state index is 12.9. The third kappa shape index (κ3) is 4.90. The zero-order chi connectivity index (χ0) is 23.8. The molecular formula is C23H33N7O3. The van der Waals surface area contributed by atoms with E-state index in [1.807, 2.05) is 25.7 Å². The zero-order valence-corrected chi connectivity index (χ0v) is 20.1. The minimum absolute atomic E-state index is 0.000538. The van der Waals surface area contributed by atoms with Gasteiger partial charge < -0.3 is 14.2 Å². The van der Waals surface area contributed by atoms with Gasteiger partial charge in [0.25, 0.3) is 5.91 Å². The van der Waals surface area contributed by atoms with Crippen molar-refractivity contribution in [2.45, 2.75) is 52.0 Å². The van der Waals surface area contributed by atoms with E-state index in [2.05, 4.69) is 25.1 Å². The van der Waals surface area contributed by atoms with Crippen molar-refractivity contribution in [3.8, 4) is 0 Å². The van der Waals surface area contributed by atoms with Crippen LogP contribution in [0.5, 0.6) is 0 Å². The van der Waals surface area contributed by atoms with Crippen molar-refractivity contribution in [1.29, 1.82) is 0 Å². The fourth-order valence-corrected chi connectivity index (χ4v) is 4.70. The van der Waals surface area contributed by atoms with Crippen molar-refractivity contribution in [3.05, 3.63) is 35.6 Å². The van der Waals surface area contributed by atoms with Gasteiger partial charge in [0.15, 0.2) is 0 Å². The lowest BCUT2D eigenvalue weighted by Crippen LogP contribution is -2.45. The summed E-state index contributed by atoms with van der Waals surface area (Å²) < 4.78 is 5.99. The molecule has 178 valence electrons. The maximum Gasteiger partial charge on any atom is 0.274 e. The summed E-state index contributed by atoms with van der Waals surface area (Å²) in [4.78, 5) is 39.5. The molecule has 0 radical (unpaired) electrons. The Balaban J connectivity index is 1.49. The van der Waals surface area contributed by atoms with Gasteiger partial charge >= 0.3 is 0 Å². The summed E-state index contributed by atoms with van der Waals surface area (Å²) in [6, 6.07) is -0.0980. The van der Waals surface area contributed by atoms with Gasteiger partial charge in [-0.05, 0) is 31.6 Å². The number of amides is 2. The van der Waals surface area contributed by atoms with E-state index in [0.29, 0.717) is 37.1 Å². The van der Waals surface area contributed by atoms with Gasteiger partial charge in [0.1, 0.15) is 5.69 Å². The molecule has 0 aromatic carbocycles. The lowest BCUT2D eigenvalue weighted by atomic mass is 9.76. The van der Waals surface area contributed by atoms with Crippen LogP contribution < -0.4 is 0 Å². The highest BCUT2D eigenvalue weighted by atomic mass is 16.4. The minimum Gasteiger partial charge on any atom is -0.423 e. The molecule has 33 heavy (non-hydrogen) atoms. The number of aromatic nitrogens is 4. The van der Waals surface area contributed by atoms with Crippen LogP contribution in [0.15, 0.2) is 16.8 Å². The molecule has 0 N–H and O–H groups in total. The van der Waals surface area contributed by atoms with Crippen molar-refractivity contribution in [1.82, 2.24) is 34.9 Å². The fourth-order valence-electron chi connectivity index (χ4n) is 4.70. The Morgan fingerprint density at radius 3 is 2.48 bits per heavy atom. The monoisotopic (exact) mass is 455 g/mol. The third-order valence-corrected chi connectivity index (χ3v) is 6.79. The van der Waals surface area contributed by atoms with Gasteiger partial charge in [0, 0.05) is 45.8 Å². The van der Waals surface area contributed by atoms with E-state index in [9.17, 15) is 9.59 Å². The van der Waals surface area contributed by atoms with Crippen LogP contribution in [0.25, 0.3) is 0 Å². The third-order valence-electron chi connectivity index (χ3n) is 6.79. The van der Waals surface area contributed by atoms with Crippen molar-refractivity contribution >= 4 is 11.8 Å². The zero-order valence-electron chi connectivity index (χ0n) is 20.1. The van der Waals surface area contributed by atoms with Crippen LogP contribution in [-0.2, 0) is 4.79 Å².